The predicted molar refractivity (Wildman–Crippen MR) is 51.9 cm³/mol. The number of thiol groups is 1. The summed E-state index contributed by atoms with van der Waals surface area (Å²) < 4.78 is 15.7. The molecule has 0 fully saturated rings. The lowest BCUT2D eigenvalue weighted by molar-refractivity contribution is 0.174. The predicted octanol–water partition coefficient (Wildman–Crippen LogP) is 1.72. The van der Waals surface area contributed by atoms with Gasteiger partial charge in [0.1, 0.15) is 5.75 Å². The third-order valence-corrected chi connectivity index (χ3v) is 1.89. The summed E-state index contributed by atoms with van der Waals surface area (Å²) in [6, 6.07) is 5.53. The van der Waals surface area contributed by atoms with Crippen LogP contribution in [0.5, 0.6) is 17.2 Å². The van der Waals surface area contributed by atoms with Gasteiger partial charge in [-0.3, -0.25) is 0 Å². The molecule has 1 aromatic carbocycles. The van der Waals surface area contributed by atoms with Crippen LogP contribution in [-0.4, -0.2) is 19.2 Å². The zero-order valence-corrected chi connectivity index (χ0v) is 7.92. The molecule has 1 aliphatic rings. The topological polar surface area (TPSA) is 27.7 Å². The molecule has 13 heavy (non-hydrogen) atoms. The molecule has 3 nitrogen and oxygen atoms in total. The molecule has 70 valence electrons. The molecule has 0 N–H and O–H groups in total. The van der Waals surface area contributed by atoms with Crippen molar-refractivity contribution >= 4 is 12.6 Å². The summed E-state index contributed by atoms with van der Waals surface area (Å²) in [5, 5.41) is 0. The van der Waals surface area contributed by atoms with Gasteiger partial charge in [-0.15, -0.1) is 0 Å². The molecule has 0 saturated carbocycles. The maximum atomic E-state index is 5.37. The minimum absolute atomic E-state index is 0.297. The van der Waals surface area contributed by atoms with Crippen LogP contribution in [0, 0.1) is 0 Å². The minimum Gasteiger partial charge on any atom is -0.493 e. The summed E-state index contributed by atoms with van der Waals surface area (Å²) in [6.07, 6.45) is 0. The zero-order valence-electron chi connectivity index (χ0n) is 7.03. The van der Waals surface area contributed by atoms with E-state index in [-0.39, 0.29) is 0 Å². The first-order chi connectivity index (χ1) is 6.40. The smallest absolute Gasteiger partial charge is 0.231 e. The first-order valence-electron chi connectivity index (χ1n) is 4.03. The highest BCUT2D eigenvalue weighted by Crippen LogP contribution is 2.34. The van der Waals surface area contributed by atoms with Crippen LogP contribution in [0.15, 0.2) is 18.2 Å². The van der Waals surface area contributed by atoms with Gasteiger partial charge >= 0.3 is 0 Å². The van der Waals surface area contributed by atoms with Crippen molar-refractivity contribution in [3.8, 4) is 17.2 Å². The van der Waals surface area contributed by atoms with Crippen LogP contribution in [0.4, 0.5) is 0 Å². The Morgan fingerprint density at radius 3 is 3.00 bits per heavy atom. The number of rotatable bonds is 3. The standard InChI is InChI=1S/C9H10O3S/c13-4-3-10-7-1-2-8-9(5-7)12-6-11-8/h1-2,5,13H,3-4,6H2. The highest BCUT2D eigenvalue weighted by Gasteiger charge is 2.13. The lowest BCUT2D eigenvalue weighted by atomic mass is 10.3. The van der Waals surface area contributed by atoms with Crippen LogP contribution in [0.25, 0.3) is 0 Å². The maximum absolute atomic E-state index is 5.37. The average Bonchev–Trinajstić information content (AvgIpc) is 2.61. The fourth-order valence-corrected chi connectivity index (χ4v) is 1.22. The van der Waals surface area contributed by atoms with Crippen molar-refractivity contribution in [1.29, 1.82) is 0 Å². The molecule has 0 amide bonds. The largest absolute Gasteiger partial charge is 0.493 e. The van der Waals surface area contributed by atoms with Crippen LogP contribution < -0.4 is 14.2 Å². The fraction of sp³-hybridized carbons (Fsp3) is 0.333. The monoisotopic (exact) mass is 198 g/mol. The van der Waals surface area contributed by atoms with Gasteiger partial charge in [0, 0.05) is 11.8 Å². The second-order valence-corrected chi connectivity index (χ2v) is 3.03. The summed E-state index contributed by atoms with van der Waals surface area (Å²) in [5.41, 5.74) is 0. The van der Waals surface area contributed by atoms with Gasteiger partial charge in [0.15, 0.2) is 11.5 Å². The highest BCUT2D eigenvalue weighted by atomic mass is 32.1. The van der Waals surface area contributed by atoms with E-state index in [1.54, 1.807) is 0 Å². The van der Waals surface area contributed by atoms with E-state index < -0.39 is 0 Å². The lowest BCUT2D eigenvalue weighted by Gasteiger charge is -2.04. The normalized spacial score (nSPS) is 13.0. The van der Waals surface area contributed by atoms with Crippen molar-refractivity contribution in [2.24, 2.45) is 0 Å². The Balaban J connectivity index is 2.12. The molecule has 4 heteroatoms. The number of fused-ring (bicyclic) bond motifs is 1. The second-order valence-electron chi connectivity index (χ2n) is 2.59. The molecule has 0 unspecified atom stereocenters. The quantitative estimate of drug-likeness (QED) is 0.749. The third-order valence-electron chi connectivity index (χ3n) is 1.70. The summed E-state index contributed by atoms with van der Waals surface area (Å²) in [4.78, 5) is 0. The van der Waals surface area contributed by atoms with Crippen molar-refractivity contribution < 1.29 is 14.2 Å². The lowest BCUT2D eigenvalue weighted by Crippen LogP contribution is -1.97. The molecule has 0 bridgehead atoms. The Bertz CT molecular complexity index is 301. The van der Waals surface area contributed by atoms with Gasteiger partial charge in [0.2, 0.25) is 6.79 Å². The van der Waals surface area contributed by atoms with E-state index in [9.17, 15) is 0 Å². The number of ether oxygens (including phenoxy) is 3. The van der Waals surface area contributed by atoms with Crippen LogP contribution in [0.1, 0.15) is 0 Å². The first kappa shape index (κ1) is 8.56. The third kappa shape index (κ3) is 1.83. The zero-order chi connectivity index (χ0) is 9.10. The molecular formula is C9H10O3S. The van der Waals surface area contributed by atoms with Crippen LogP contribution in [0.3, 0.4) is 0 Å². The molecule has 2 rings (SSSR count). The van der Waals surface area contributed by atoms with Crippen molar-refractivity contribution in [2.45, 2.75) is 0 Å². The molecule has 0 aliphatic carbocycles. The molecular weight excluding hydrogens is 188 g/mol. The van der Waals surface area contributed by atoms with Crippen molar-refractivity contribution in [2.75, 3.05) is 19.2 Å². The van der Waals surface area contributed by atoms with Gasteiger partial charge in [-0.1, -0.05) is 0 Å². The summed E-state index contributed by atoms with van der Waals surface area (Å²) in [6.45, 7) is 0.897. The fourth-order valence-electron chi connectivity index (χ4n) is 1.13. The Morgan fingerprint density at radius 2 is 2.15 bits per heavy atom. The van der Waals surface area contributed by atoms with E-state index in [4.69, 9.17) is 14.2 Å². The van der Waals surface area contributed by atoms with E-state index in [1.165, 1.54) is 0 Å². The van der Waals surface area contributed by atoms with E-state index in [0.717, 1.165) is 17.2 Å². The molecule has 1 aliphatic heterocycles. The van der Waals surface area contributed by atoms with E-state index in [2.05, 4.69) is 12.6 Å². The molecule has 0 radical (unpaired) electrons. The Hall–Kier alpha value is -1.03. The summed E-state index contributed by atoms with van der Waals surface area (Å²) in [7, 11) is 0. The van der Waals surface area contributed by atoms with Crippen LogP contribution >= 0.6 is 12.6 Å². The Labute approximate surface area is 82.0 Å². The summed E-state index contributed by atoms with van der Waals surface area (Å²) in [5.74, 6) is 3.02. The molecule has 0 spiro atoms. The van der Waals surface area contributed by atoms with Crippen LogP contribution in [0.2, 0.25) is 0 Å². The van der Waals surface area contributed by atoms with Crippen molar-refractivity contribution in [1.82, 2.24) is 0 Å². The molecule has 0 saturated heterocycles. The van der Waals surface area contributed by atoms with E-state index >= 15 is 0 Å². The molecule has 1 aromatic rings. The Kier molecular flexibility index (Phi) is 2.49. The van der Waals surface area contributed by atoms with Gasteiger partial charge in [0.05, 0.1) is 6.61 Å². The molecule has 0 aromatic heterocycles. The highest BCUT2D eigenvalue weighted by molar-refractivity contribution is 7.80. The molecule has 1 heterocycles. The Morgan fingerprint density at radius 1 is 1.31 bits per heavy atom. The number of hydrogen-bond donors (Lipinski definition) is 1. The minimum atomic E-state index is 0.297. The van der Waals surface area contributed by atoms with Gasteiger partial charge < -0.3 is 14.2 Å². The summed E-state index contributed by atoms with van der Waals surface area (Å²) >= 11 is 4.05. The average molecular weight is 198 g/mol. The number of benzene rings is 1. The van der Waals surface area contributed by atoms with Gasteiger partial charge in [0.25, 0.3) is 0 Å². The SMILES string of the molecule is SCCOc1ccc2c(c1)OCO2. The van der Waals surface area contributed by atoms with Gasteiger partial charge in [-0.2, -0.15) is 12.6 Å². The number of hydrogen-bond acceptors (Lipinski definition) is 4. The molecule has 0 atom stereocenters. The van der Waals surface area contributed by atoms with E-state index in [0.29, 0.717) is 19.2 Å². The second kappa shape index (κ2) is 3.79. The maximum Gasteiger partial charge on any atom is 0.231 e. The van der Waals surface area contributed by atoms with Crippen molar-refractivity contribution in [3.63, 3.8) is 0 Å². The van der Waals surface area contributed by atoms with E-state index in [1.807, 2.05) is 18.2 Å². The van der Waals surface area contributed by atoms with Crippen LogP contribution in [-0.2, 0) is 0 Å². The van der Waals surface area contributed by atoms with Gasteiger partial charge in [-0.05, 0) is 12.1 Å². The van der Waals surface area contributed by atoms with Crippen molar-refractivity contribution in [3.05, 3.63) is 18.2 Å². The first-order valence-corrected chi connectivity index (χ1v) is 4.67. The van der Waals surface area contributed by atoms with Gasteiger partial charge in [-0.25, -0.2) is 0 Å².